The van der Waals surface area contributed by atoms with Gasteiger partial charge < -0.3 is 4.74 Å². The molecule has 1 aromatic heterocycles. The molecule has 1 heterocycles. The highest BCUT2D eigenvalue weighted by Gasteiger charge is 2.12. The fraction of sp³-hybridized carbons (Fsp3) is 0.167. The Morgan fingerprint density at radius 2 is 2.00 bits per heavy atom. The number of nitrogens with zero attached hydrogens (tertiary/aromatic N) is 2. The monoisotopic (exact) mass is 342 g/mol. The Hall–Kier alpha value is -2.66. The van der Waals surface area contributed by atoms with Crippen LogP contribution in [0.2, 0.25) is 5.02 Å². The molecule has 0 bridgehead atoms. The SMILES string of the molecule is Cc1cc(Cl)ccc1OC(=O)Cn1cnc2c(C)cccc2c1=O. The summed E-state index contributed by atoms with van der Waals surface area (Å²) in [6.45, 7) is 3.47. The van der Waals surface area contributed by atoms with Crippen molar-refractivity contribution in [3.63, 3.8) is 0 Å². The number of halogens is 1. The number of carbonyl (C=O) groups is 1. The molecule has 0 saturated carbocycles. The smallest absolute Gasteiger partial charge is 0.331 e. The van der Waals surface area contributed by atoms with Crippen molar-refractivity contribution in [1.82, 2.24) is 9.55 Å². The number of carbonyl (C=O) groups excluding carboxylic acids is 1. The van der Waals surface area contributed by atoms with E-state index in [9.17, 15) is 9.59 Å². The lowest BCUT2D eigenvalue weighted by Crippen LogP contribution is -2.27. The highest BCUT2D eigenvalue weighted by molar-refractivity contribution is 6.30. The normalized spacial score (nSPS) is 10.8. The van der Waals surface area contributed by atoms with Gasteiger partial charge in [0.2, 0.25) is 0 Å². The second-order valence-electron chi connectivity index (χ2n) is 5.53. The average molecular weight is 343 g/mol. The van der Waals surface area contributed by atoms with Crippen LogP contribution in [0.15, 0.2) is 47.5 Å². The Labute approximate surface area is 143 Å². The van der Waals surface area contributed by atoms with Gasteiger partial charge in [0.1, 0.15) is 12.3 Å². The van der Waals surface area contributed by atoms with Crippen molar-refractivity contribution in [3.8, 4) is 5.75 Å². The quantitative estimate of drug-likeness (QED) is 0.541. The van der Waals surface area contributed by atoms with Gasteiger partial charge in [-0.15, -0.1) is 0 Å². The molecule has 0 N–H and O–H groups in total. The highest BCUT2D eigenvalue weighted by atomic mass is 35.5. The van der Waals surface area contributed by atoms with Crippen molar-refractivity contribution in [2.75, 3.05) is 0 Å². The van der Waals surface area contributed by atoms with Gasteiger partial charge in [-0.05, 0) is 49.2 Å². The van der Waals surface area contributed by atoms with Crippen LogP contribution in [-0.4, -0.2) is 15.5 Å². The first-order valence-electron chi connectivity index (χ1n) is 7.37. The van der Waals surface area contributed by atoms with Crippen LogP contribution in [0.3, 0.4) is 0 Å². The predicted octanol–water partition coefficient (Wildman–Crippen LogP) is 3.27. The minimum absolute atomic E-state index is 0.211. The molecule has 0 aliphatic carbocycles. The zero-order valence-corrected chi connectivity index (χ0v) is 14.0. The van der Waals surface area contributed by atoms with Crippen LogP contribution in [0.25, 0.3) is 10.9 Å². The maximum Gasteiger partial charge on any atom is 0.331 e. The summed E-state index contributed by atoms with van der Waals surface area (Å²) >= 11 is 5.88. The molecule has 0 saturated heterocycles. The summed E-state index contributed by atoms with van der Waals surface area (Å²) in [4.78, 5) is 28.9. The van der Waals surface area contributed by atoms with E-state index < -0.39 is 5.97 Å². The summed E-state index contributed by atoms with van der Waals surface area (Å²) in [5.74, 6) is -0.127. The summed E-state index contributed by atoms with van der Waals surface area (Å²) in [5.41, 5.74) is 2.03. The predicted molar refractivity (Wildman–Crippen MR) is 92.6 cm³/mol. The summed E-state index contributed by atoms with van der Waals surface area (Å²) < 4.78 is 6.56. The fourth-order valence-electron chi connectivity index (χ4n) is 2.47. The number of benzene rings is 2. The third-order valence-corrected chi connectivity index (χ3v) is 3.95. The maximum absolute atomic E-state index is 12.5. The summed E-state index contributed by atoms with van der Waals surface area (Å²) in [7, 11) is 0. The first-order chi connectivity index (χ1) is 11.5. The van der Waals surface area contributed by atoms with Crippen molar-refractivity contribution < 1.29 is 9.53 Å². The van der Waals surface area contributed by atoms with Gasteiger partial charge in [-0.2, -0.15) is 0 Å². The maximum atomic E-state index is 12.5. The van der Waals surface area contributed by atoms with Crippen LogP contribution >= 0.6 is 11.6 Å². The Morgan fingerprint density at radius 3 is 2.75 bits per heavy atom. The van der Waals surface area contributed by atoms with Crippen molar-refractivity contribution in [1.29, 1.82) is 0 Å². The number of para-hydroxylation sites is 1. The molecule has 0 fully saturated rings. The topological polar surface area (TPSA) is 61.2 Å². The molecular formula is C18H15ClN2O3. The Balaban J connectivity index is 1.86. The molecule has 6 heteroatoms. The number of ether oxygens (including phenoxy) is 1. The molecule has 3 aromatic rings. The molecule has 2 aromatic carbocycles. The number of aryl methyl sites for hydroxylation is 2. The van der Waals surface area contributed by atoms with Gasteiger partial charge in [-0.1, -0.05) is 23.7 Å². The molecule has 5 nitrogen and oxygen atoms in total. The van der Waals surface area contributed by atoms with Crippen LogP contribution < -0.4 is 10.3 Å². The minimum Gasteiger partial charge on any atom is -0.425 e. The van der Waals surface area contributed by atoms with E-state index in [1.165, 1.54) is 10.9 Å². The number of fused-ring (bicyclic) bond motifs is 1. The molecule has 0 aliphatic rings. The first-order valence-corrected chi connectivity index (χ1v) is 7.75. The molecule has 122 valence electrons. The fourth-order valence-corrected chi connectivity index (χ4v) is 2.70. The lowest BCUT2D eigenvalue weighted by molar-refractivity contribution is -0.135. The van der Waals surface area contributed by atoms with Gasteiger partial charge in [0, 0.05) is 5.02 Å². The minimum atomic E-state index is -0.545. The van der Waals surface area contributed by atoms with Gasteiger partial charge >= 0.3 is 5.97 Å². The van der Waals surface area contributed by atoms with E-state index in [0.29, 0.717) is 21.7 Å². The zero-order valence-electron chi connectivity index (χ0n) is 13.2. The summed E-state index contributed by atoms with van der Waals surface area (Å²) in [6.07, 6.45) is 1.37. The number of hydrogen-bond acceptors (Lipinski definition) is 4. The molecular weight excluding hydrogens is 328 g/mol. The second kappa shape index (κ2) is 6.45. The van der Waals surface area contributed by atoms with E-state index in [1.807, 2.05) is 13.0 Å². The van der Waals surface area contributed by atoms with E-state index in [-0.39, 0.29) is 12.1 Å². The van der Waals surface area contributed by atoms with E-state index in [0.717, 1.165) is 11.1 Å². The standard InChI is InChI=1S/C18H15ClN2O3/c1-11-4-3-5-14-17(11)20-10-21(18(14)23)9-16(22)24-15-7-6-13(19)8-12(15)2/h3-8,10H,9H2,1-2H3. The lowest BCUT2D eigenvalue weighted by atomic mass is 10.1. The molecule has 3 rings (SSSR count). The number of rotatable bonds is 3. The molecule has 0 spiro atoms. The van der Waals surface area contributed by atoms with Crippen molar-refractivity contribution >= 4 is 28.5 Å². The van der Waals surface area contributed by atoms with Gasteiger partial charge in [-0.3, -0.25) is 9.36 Å². The van der Waals surface area contributed by atoms with Gasteiger partial charge in [0.15, 0.2) is 0 Å². The largest absolute Gasteiger partial charge is 0.425 e. The molecule has 0 unspecified atom stereocenters. The van der Waals surface area contributed by atoms with Crippen LogP contribution in [0.1, 0.15) is 11.1 Å². The van der Waals surface area contributed by atoms with Crippen LogP contribution in [0.5, 0.6) is 5.75 Å². The van der Waals surface area contributed by atoms with E-state index >= 15 is 0 Å². The Morgan fingerprint density at radius 1 is 1.21 bits per heavy atom. The second-order valence-corrected chi connectivity index (χ2v) is 5.97. The molecule has 0 aliphatic heterocycles. The van der Waals surface area contributed by atoms with Crippen molar-refractivity contribution in [3.05, 3.63) is 69.2 Å². The van der Waals surface area contributed by atoms with E-state index in [4.69, 9.17) is 16.3 Å². The number of aromatic nitrogens is 2. The van der Waals surface area contributed by atoms with Gasteiger partial charge in [-0.25, -0.2) is 9.78 Å². The van der Waals surface area contributed by atoms with Crippen LogP contribution in [-0.2, 0) is 11.3 Å². The van der Waals surface area contributed by atoms with Gasteiger partial charge in [0.05, 0.1) is 17.2 Å². The molecule has 0 radical (unpaired) electrons. The molecule has 0 atom stereocenters. The number of hydrogen-bond donors (Lipinski definition) is 0. The summed E-state index contributed by atoms with van der Waals surface area (Å²) in [5, 5.41) is 1.05. The average Bonchev–Trinajstić information content (AvgIpc) is 2.53. The lowest BCUT2D eigenvalue weighted by Gasteiger charge is -2.09. The van der Waals surface area contributed by atoms with Crippen molar-refractivity contribution in [2.45, 2.75) is 20.4 Å². The summed E-state index contributed by atoms with van der Waals surface area (Å²) in [6, 6.07) is 10.3. The van der Waals surface area contributed by atoms with Crippen molar-refractivity contribution in [2.24, 2.45) is 0 Å². The third kappa shape index (κ3) is 3.16. The van der Waals surface area contributed by atoms with Crippen LogP contribution in [0, 0.1) is 13.8 Å². The molecule has 24 heavy (non-hydrogen) atoms. The molecule has 0 amide bonds. The van der Waals surface area contributed by atoms with Gasteiger partial charge in [0.25, 0.3) is 5.56 Å². The zero-order chi connectivity index (χ0) is 17.3. The van der Waals surface area contributed by atoms with E-state index in [1.54, 1.807) is 37.3 Å². The Bertz CT molecular complexity index is 995. The highest BCUT2D eigenvalue weighted by Crippen LogP contribution is 2.22. The third-order valence-electron chi connectivity index (χ3n) is 3.72. The first kappa shape index (κ1) is 16.2. The van der Waals surface area contributed by atoms with Crippen LogP contribution in [0.4, 0.5) is 0 Å². The number of esters is 1. The Kier molecular flexibility index (Phi) is 4.36. The van der Waals surface area contributed by atoms with E-state index in [2.05, 4.69) is 4.98 Å².